The molecule has 2 aromatic carbocycles. The number of aryl methyl sites for hydroxylation is 2. The fraction of sp³-hybridized carbons (Fsp3) is 0.381. The third kappa shape index (κ3) is 6.16. The molecule has 2 aromatic rings. The summed E-state index contributed by atoms with van der Waals surface area (Å²) in [6.45, 7) is 5.76. The van der Waals surface area contributed by atoms with Gasteiger partial charge in [-0.1, -0.05) is 24.3 Å². The first-order valence-electron chi connectivity index (χ1n) is 9.55. The van der Waals surface area contributed by atoms with Crippen LogP contribution in [0.1, 0.15) is 24.0 Å². The van der Waals surface area contributed by atoms with Gasteiger partial charge >= 0.3 is 0 Å². The quantitative estimate of drug-likeness (QED) is 0.352. The maximum Gasteiger partial charge on any atom is 0.243 e. The average molecular weight is 528 g/mol. The van der Waals surface area contributed by atoms with Crippen LogP contribution in [0.25, 0.3) is 0 Å². The second-order valence-electron chi connectivity index (χ2n) is 7.31. The zero-order valence-electron chi connectivity index (χ0n) is 16.8. The minimum absolute atomic E-state index is 0. The zero-order chi connectivity index (χ0) is 20.1. The van der Waals surface area contributed by atoms with Gasteiger partial charge < -0.3 is 11.1 Å². The number of aliphatic imine (C=N–C) groups is 1. The number of sulfonamides is 1. The molecule has 0 saturated carbocycles. The van der Waals surface area contributed by atoms with Gasteiger partial charge in [0.1, 0.15) is 0 Å². The number of piperidine rings is 1. The van der Waals surface area contributed by atoms with Gasteiger partial charge in [-0.2, -0.15) is 4.31 Å². The van der Waals surface area contributed by atoms with Crippen molar-refractivity contribution < 1.29 is 8.42 Å². The molecule has 6 nitrogen and oxygen atoms in total. The van der Waals surface area contributed by atoms with Crippen molar-refractivity contribution in [2.24, 2.45) is 16.6 Å². The van der Waals surface area contributed by atoms with Crippen molar-refractivity contribution in [2.45, 2.75) is 31.6 Å². The molecule has 0 radical (unpaired) electrons. The summed E-state index contributed by atoms with van der Waals surface area (Å²) in [6, 6.07) is 14.7. The molecule has 0 unspecified atom stereocenters. The van der Waals surface area contributed by atoms with Crippen molar-refractivity contribution in [1.82, 2.24) is 4.31 Å². The van der Waals surface area contributed by atoms with Crippen molar-refractivity contribution in [3.8, 4) is 0 Å². The van der Waals surface area contributed by atoms with E-state index in [9.17, 15) is 8.42 Å². The van der Waals surface area contributed by atoms with Gasteiger partial charge in [0.25, 0.3) is 0 Å². The van der Waals surface area contributed by atoms with Gasteiger partial charge in [-0.15, -0.1) is 24.0 Å². The predicted molar refractivity (Wildman–Crippen MR) is 129 cm³/mol. The number of benzene rings is 2. The molecule has 0 spiro atoms. The molecule has 158 valence electrons. The number of nitrogens with two attached hydrogens (primary N) is 1. The Hall–Kier alpha value is -1.65. The molecule has 8 heteroatoms. The van der Waals surface area contributed by atoms with Gasteiger partial charge in [-0.3, -0.25) is 4.99 Å². The first-order valence-corrected chi connectivity index (χ1v) is 11.0. The van der Waals surface area contributed by atoms with Crippen LogP contribution in [0.3, 0.4) is 0 Å². The second kappa shape index (κ2) is 10.4. The number of hydrogen-bond acceptors (Lipinski definition) is 3. The van der Waals surface area contributed by atoms with Crippen LogP contribution in [0.4, 0.5) is 5.69 Å². The molecule has 1 fully saturated rings. The van der Waals surface area contributed by atoms with Crippen LogP contribution in [-0.4, -0.2) is 38.3 Å². The molecule has 0 aromatic heterocycles. The molecule has 0 atom stereocenters. The van der Waals surface area contributed by atoms with E-state index in [4.69, 9.17) is 5.73 Å². The molecule has 0 bridgehead atoms. The van der Waals surface area contributed by atoms with E-state index in [1.807, 2.05) is 24.3 Å². The summed E-state index contributed by atoms with van der Waals surface area (Å²) < 4.78 is 26.9. The summed E-state index contributed by atoms with van der Waals surface area (Å²) in [5.41, 5.74) is 9.37. The highest BCUT2D eigenvalue weighted by atomic mass is 127. The topological polar surface area (TPSA) is 87.8 Å². The highest BCUT2D eigenvalue weighted by Crippen LogP contribution is 2.24. The normalized spacial score (nSPS) is 16.3. The number of halogens is 1. The molecular weight excluding hydrogens is 499 g/mol. The van der Waals surface area contributed by atoms with E-state index < -0.39 is 10.0 Å². The number of rotatable bonds is 5. The lowest BCUT2D eigenvalue weighted by Crippen LogP contribution is -2.39. The van der Waals surface area contributed by atoms with Crippen LogP contribution >= 0.6 is 24.0 Å². The predicted octanol–water partition coefficient (Wildman–Crippen LogP) is 3.75. The summed E-state index contributed by atoms with van der Waals surface area (Å²) in [6.07, 6.45) is 1.57. The molecule has 1 aliphatic heterocycles. The largest absolute Gasteiger partial charge is 0.370 e. The number of nitrogens with zero attached hydrogens (tertiary/aromatic N) is 2. The van der Waals surface area contributed by atoms with Gasteiger partial charge in [0, 0.05) is 25.3 Å². The fourth-order valence-electron chi connectivity index (χ4n) is 3.31. The van der Waals surface area contributed by atoms with Crippen LogP contribution in [0.15, 0.2) is 58.4 Å². The number of guanidine groups is 1. The van der Waals surface area contributed by atoms with Crippen LogP contribution in [0, 0.1) is 19.8 Å². The van der Waals surface area contributed by atoms with E-state index >= 15 is 0 Å². The third-order valence-corrected chi connectivity index (χ3v) is 7.17. The maximum absolute atomic E-state index is 12.7. The van der Waals surface area contributed by atoms with Gasteiger partial charge in [-0.25, -0.2) is 8.42 Å². The summed E-state index contributed by atoms with van der Waals surface area (Å²) >= 11 is 0. The Kier molecular flexibility index (Phi) is 8.47. The molecule has 29 heavy (non-hydrogen) atoms. The highest BCUT2D eigenvalue weighted by Gasteiger charge is 2.29. The maximum atomic E-state index is 12.7. The first-order chi connectivity index (χ1) is 13.4. The van der Waals surface area contributed by atoms with Crippen molar-refractivity contribution in [3.63, 3.8) is 0 Å². The molecule has 0 aliphatic carbocycles. The summed E-state index contributed by atoms with van der Waals surface area (Å²) in [5.74, 6) is 0.727. The number of anilines is 1. The van der Waals surface area contributed by atoms with Crippen LogP contribution in [0.2, 0.25) is 0 Å². The van der Waals surface area contributed by atoms with E-state index in [-0.39, 0.29) is 24.0 Å². The van der Waals surface area contributed by atoms with E-state index in [0.717, 1.165) is 18.5 Å². The van der Waals surface area contributed by atoms with Crippen LogP contribution < -0.4 is 11.1 Å². The van der Waals surface area contributed by atoms with Crippen molar-refractivity contribution in [2.75, 3.05) is 25.0 Å². The van der Waals surface area contributed by atoms with Gasteiger partial charge in [-0.05, 0) is 68.0 Å². The monoisotopic (exact) mass is 528 g/mol. The van der Waals surface area contributed by atoms with Crippen molar-refractivity contribution in [3.05, 3.63) is 59.7 Å². The zero-order valence-corrected chi connectivity index (χ0v) is 20.0. The van der Waals surface area contributed by atoms with Crippen LogP contribution in [0.5, 0.6) is 0 Å². The smallest absolute Gasteiger partial charge is 0.243 e. The Balaban J connectivity index is 0.00000300. The summed E-state index contributed by atoms with van der Waals surface area (Å²) in [5, 5.41) is 3.13. The highest BCUT2D eigenvalue weighted by molar-refractivity contribution is 14.0. The molecule has 3 N–H and O–H groups in total. The van der Waals surface area contributed by atoms with Gasteiger partial charge in [0.05, 0.1) is 4.90 Å². The Labute approximate surface area is 190 Å². The Morgan fingerprint density at radius 1 is 1.10 bits per heavy atom. The minimum Gasteiger partial charge on any atom is -0.370 e. The first kappa shape index (κ1) is 23.6. The lowest BCUT2D eigenvalue weighted by molar-refractivity contribution is 0.279. The molecule has 1 aliphatic rings. The van der Waals surface area contributed by atoms with E-state index in [0.29, 0.717) is 36.4 Å². The number of nitrogens with one attached hydrogen (secondary N) is 1. The molecule has 1 saturated heterocycles. The number of hydrogen-bond donors (Lipinski definition) is 2. The SMILES string of the molecule is Cc1ccc(NC(N)=NCC2CCN(S(=O)(=O)c3ccccc3)CC2)cc1C.I. The second-order valence-corrected chi connectivity index (χ2v) is 9.25. The van der Waals surface area contributed by atoms with E-state index in [1.165, 1.54) is 11.1 Å². The molecule has 1 heterocycles. The molecule has 0 amide bonds. The van der Waals surface area contributed by atoms with E-state index in [2.05, 4.69) is 24.2 Å². The Morgan fingerprint density at radius 2 is 1.76 bits per heavy atom. The standard InChI is InChI=1S/C21H28N4O2S.HI/c1-16-8-9-19(14-17(16)2)24-21(22)23-15-18-10-12-25(13-11-18)28(26,27)20-6-4-3-5-7-20;/h3-9,14,18H,10-13,15H2,1-2H3,(H3,22,23,24);1H. The summed E-state index contributed by atoms with van der Waals surface area (Å²) in [7, 11) is -3.40. The van der Waals surface area contributed by atoms with Gasteiger partial charge in [0.15, 0.2) is 5.96 Å². The molecular formula is C21H29IN4O2S. The van der Waals surface area contributed by atoms with E-state index in [1.54, 1.807) is 28.6 Å². The molecule has 3 rings (SSSR count). The third-order valence-electron chi connectivity index (χ3n) is 5.25. The lowest BCUT2D eigenvalue weighted by Gasteiger charge is -2.30. The lowest BCUT2D eigenvalue weighted by atomic mass is 9.98. The van der Waals surface area contributed by atoms with Gasteiger partial charge in [0.2, 0.25) is 10.0 Å². The Morgan fingerprint density at radius 3 is 2.38 bits per heavy atom. The Bertz CT molecular complexity index is 940. The van der Waals surface area contributed by atoms with Crippen molar-refractivity contribution in [1.29, 1.82) is 0 Å². The average Bonchev–Trinajstić information content (AvgIpc) is 2.70. The van der Waals surface area contributed by atoms with Crippen molar-refractivity contribution >= 4 is 45.6 Å². The summed E-state index contributed by atoms with van der Waals surface area (Å²) in [4.78, 5) is 4.81. The minimum atomic E-state index is -3.40. The van der Waals surface area contributed by atoms with Crippen LogP contribution in [-0.2, 0) is 10.0 Å². The fourth-order valence-corrected chi connectivity index (χ4v) is 4.80.